The van der Waals surface area contributed by atoms with Crippen molar-refractivity contribution < 1.29 is 9.59 Å². The number of pyridine rings is 1. The number of aromatic nitrogens is 1. The van der Waals surface area contributed by atoms with E-state index < -0.39 is 0 Å². The largest absolute Gasteiger partial charge is 0.323 e. The summed E-state index contributed by atoms with van der Waals surface area (Å²) in [4.78, 5) is 30.7. The molecule has 3 atom stereocenters. The van der Waals surface area contributed by atoms with Crippen LogP contribution in [0, 0.1) is 5.92 Å². The van der Waals surface area contributed by atoms with Gasteiger partial charge in [-0.1, -0.05) is 0 Å². The summed E-state index contributed by atoms with van der Waals surface area (Å²) in [6.07, 6.45) is 5.78. The number of carbonyl (C=O) groups is 2. The Labute approximate surface area is 143 Å². The molecule has 0 aromatic carbocycles. The van der Waals surface area contributed by atoms with Crippen LogP contribution in [0.4, 0.5) is 11.5 Å². The molecule has 2 amide bonds. The molecule has 1 aromatic heterocycles. The summed E-state index contributed by atoms with van der Waals surface area (Å²) in [5, 5.41) is 5.71. The lowest BCUT2D eigenvalue weighted by Crippen LogP contribution is -2.46. The summed E-state index contributed by atoms with van der Waals surface area (Å²) >= 11 is 0. The van der Waals surface area contributed by atoms with Gasteiger partial charge in [-0.3, -0.25) is 14.5 Å². The molecule has 1 aliphatic carbocycles. The van der Waals surface area contributed by atoms with Crippen LogP contribution in [-0.2, 0) is 9.59 Å². The van der Waals surface area contributed by atoms with Crippen LogP contribution in [0.2, 0.25) is 0 Å². The molecule has 0 radical (unpaired) electrons. The second-order valence-electron chi connectivity index (χ2n) is 7.08. The summed E-state index contributed by atoms with van der Waals surface area (Å²) in [7, 11) is 0. The van der Waals surface area contributed by atoms with Crippen molar-refractivity contribution >= 4 is 23.3 Å². The number of likely N-dealkylation sites (tertiary alicyclic amines) is 1. The average molecular weight is 330 g/mol. The fourth-order valence-electron chi connectivity index (χ4n) is 3.48. The van der Waals surface area contributed by atoms with E-state index in [1.165, 1.54) is 0 Å². The van der Waals surface area contributed by atoms with Crippen molar-refractivity contribution in [2.45, 2.75) is 64.6 Å². The Bertz CT molecular complexity index is 602. The summed E-state index contributed by atoms with van der Waals surface area (Å²) in [6.45, 7) is 6.30. The molecule has 6 nitrogen and oxygen atoms in total. The summed E-state index contributed by atoms with van der Waals surface area (Å²) in [6, 6.07) is 4.18. The van der Waals surface area contributed by atoms with Crippen LogP contribution in [-0.4, -0.2) is 39.8 Å². The second kappa shape index (κ2) is 6.89. The number of nitrogens with zero attached hydrogens (tertiary/aromatic N) is 2. The van der Waals surface area contributed by atoms with Crippen molar-refractivity contribution in [1.82, 2.24) is 9.88 Å². The highest BCUT2D eigenvalue weighted by Gasteiger charge is 2.34. The Kier molecular flexibility index (Phi) is 4.85. The molecule has 2 fully saturated rings. The van der Waals surface area contributed by atoms with Gasteiger partial charge in [0.05, 0.1) is 17.9 Å². The van der Waals surface area contributed by atoms with Gasteiger partial charge >= 0.3 is 0 Å². The van der Waals surface area contributed by atoms with E-state index in [-0.39, 0.29) is 23.8 Å². The Hall–Kier alpha value is -1.95. The fraction of sp³-hybridized carbons (Fsp3) is 0.611. The molecular formula is C18H26N4O2. The van der Waals surface area contributed by atoms with Crippen molar-refractivity contribution in [2.75, 3.05) is 10.6 Å². The smallest absolute Gasteiger partial charge is 0.241 e. The Balaban J connectivity index is 1.56. The van der Waals surface area contributed by atoms with Crippen LogP contribution >= 0.6 is 0 Å². The molecule has 2 aliphatic rings. The minimum atomic E-state index is -0.174. The van der Waals surface area contributed by atoms with Gasteiger partial charge in [-0.25, -0.2) is 4.98 Å². The van der Waals surface area contributed by atoms with Crippen LogP contribution in [0.25, 0.3) is 0 Å². The third-order valence-electron chi connectivity index (χ3n) is 5.08. The first-order chi connectivity index (χ1) is 11.5. The van der Waals surface area contributed by atoms with Gasteiger partial charge in [0, 0.05) is 18.0 Å². The van der Waals surface area contributed by atoms with Gasteiger partial charge in [0.1, 0.15) is 5.82 Å². The number of hydrogen-bond acceptors (Lipinski definition) is 4. The molecule has 1 aliphatic heterocycles. The van der Waals surface area contributed by atoms with Gasteiger partial charge in [-0.05, 0) is 58.6 Å². The van der Waals surface area contributed by atoms with Crippen LogP contribution in [0.3, 0.4) is 0 Å². The van der Waals surface area contributed by atoms with Crippen molar-refractivity contribution in [3.8, 4) is 0 Å². The third kappa shape index (κ3) is 3.75. The first-order valence-electron chi connectivity index (χ1n) is 8.81. The molecule has 0 spiro atoms. The molecule has 2 N–H and O–H groups in total. The lowest BCUT2D eigenvalue weighted by atomic mass is 10.2. The van der Waals surface area contributed by atoms with E-state index in [9.17, 15) is 9.59 Å². The SMILES string of the molecule is C[C@@H]1CC[C@H](C)N1[C@H](C)C(=O)Nc1ccc(NC(=O)C2CC2)nc1. The van der Waals surface area contributed by atoms with E-state index in [2.05, 4.69) is 34.4 Å². The van der Waals surface area contributed by atoms with Crippen LogP contribution in [0.1, 0.15) is 46.5 Å². The Morgan fingerprint density at radius 2 is 1.79 bits per heavy atom. The number of rotatable bonds is 5. The van der Waals surface area contributed by atoms with Crippen molar-refractivity contribution in [1.29, 1.82) is 0 Å². The zero-order chi connectivity index (χ0) is 17.3. The molecular weight excluding hydrogens is 304 g/mol. The molecule has 1 aromatic rings. The maximum Gasteiger partial charge on any atom is 0.241 e. The van der Waals surface area contributed by atoms with E-state index in [0.717, 1.165) is 25.7 Å². The average Bonchev–Trinajstić information content (AvgIpc) is 3.35. The van der Waals surface area contributed by atoms with Crippen LogP contribution < -0.4 is 10.6 Å². The zero-order valence-electron chi connectivity index (χ0n) is 14.6. The molecule has 0 unspecified atom stereocenters. The van der Waals surface area contributed by atoms with Gasteiger partial charge in [0.25, 0.3) is 0 Å². The van der Waals surface area contributed by atoms with E-state index in [1.54, 1.807) is 18.3 Å². The van der Waals surface area contributed by atoms with E-state index >= 15 is 0 Å². The quantitative estimate of drug-likeness (QED) is 0.870. The molecule has 1 saturated heterocycles. The van der Waals surface area contributed by atoms with Crippen molar-refractivity contribution in [2.24, 2.45) is 5.92 Å². The Morgan fingerprint density at radius 3 is 2.33 bits per heavy atom. The second-order valence-corrected chi connectivity index (χ2v) is 7.08. The normalized spacial score (nSPS) is 25.3. The summed E-state index contributed by atoms with van der Waals surface area (Å²) in [5.74, 6) is 0.688. The first-order valence-corrected chi connectivity index (χ1v) is 8.81. The first kappa shape index (κ1) is 16.9. The number of carbonyl (C=O) groups excluding carboxylic acids is 2. The monoisotopic (exact) mass is 330 g/mol. The van der Waals surface area contributed by atoms with Gasteiger partial charge in [0.2, 0.25) is 11.8 Å². The topological polar surface area (TPSA) is 74.3 Å². The van der Waals surface area contributed by atoms with E-state index in [1.807, 2.05) is 6.92 Å². The highest BCUT2D eigenvalue weighted by molar-refractivity contribution is 5.95. The predicted octanol–water partition coefficient (Wildman–Crippen LogP) is 2.63. The maximum absolute atomic E-state index is 12.5. The molecule has 2 heterocycles. The van der Waals surface area contributed by atoms with Gasteiger partial charge in [-0.2, -0.15) is 0 Å². The number of nitrogens with one attached hydrogen (secondary N) is 2. The van der Waals surface area contributed by atoms with Gasteiger partial charge in [0.15, 0.2) is 0 Å². The van der Waals surface area contributed by atoms with Crippen LogP contribution in [0.15, 0.2) is 18.3 Å². The zero-order valence-corrected chi connectivity index (χ0v) is 14.6. The summed E-state index contributed by atoms with van der Waals surface area (Å²) in [5.41, 5.74) is 0.649. The molecule has 0 bridgehead atoms. The summed E-state index contributed by atoms with van der Waals surface area (Å²) < 4.78 is 0. The van der Waals surface area contributed by atoms with Gasteiger partial charge in [-0.15, -0.1) is 0 Å². The Morgan fingerprint density at radius 1 is 1.12 bits per heavy atom. The number of anilines is 2. The fourth-order valence-corrected chi connectivity index (χ4v) is 3.48. The van der Waals surface area contributed by atoms with Crippen molar-refractivity contribution in [3.63, 3.8) is 0 Å². The standard InChI is InChI=1S/C18H26N4O2/c1-11-4-5-12(2)22(11)13(3)17(23)20-15-8-9-16(19-10-15)21-18(24)14-6-7-14/h8-14H,4-7H2,1-3H3,(H,20,23)(H,19,21,24)/t11-,12+,13-/m1/s1. The lowest BCUT2D eigenvalue weighted by Gasteiger charge is -2.31. The highest BCUT2D eigenvalue weighted by atomic mass is 16.2. The third-order valence-corrected chi connectivity index (χ3v) is 5.08. The molecule has 1 saturated carbocycles. The van der Waals surface area contributed by atoms with E-state index in [4.69, 9.17) is 0 Å². The van der Waals surface area contributed by atoms with Gasteiger partial charge < -0.3 is 10.6 Å². The maximum atomic E-state index is 12.5. The van der Waals surface area contributed by atoms with E-state index in [0.29, 0.717) is 23.6 Å². The predicted molar refractivity (Wildman–Crippen MR) is 93.7 cm³/mol. The molecule has 24 heavy (non-hydrogen) atoms. The van der Waals surface area contributed by atoms with Crippen molar-refractivity contribution in [3.05, 3.63) is 18.3 Å². The molecule has 3 rings (SSSR count). The molecule has 130 valence electrons. The molecule has 6 heteroatoms. The number of amides is 2. The number of hydrogen-bond donors (Lipinski definition) is 2. The minimum absolute atomic E-state index is 0.0211. The minimum Gasteiger partial charge on any atom is -0.323 e. The van der Waals surface area contributed by atoms with Crippen LogP contribution in [0.5, 0.6) is 0 Å². The lowest BCUT2D eigenvalue weighted by molar-refractivity contribution is -0.121. The highest BCUT2D eigenvalue weighted by Crippen LogP contribution is 2.30.